The summed E-state index contributed by atoms with van der Waals surface area (Å²) in [4.78, 5) is 32.4. The number of pyridine rings is 1. The van der Waals surface area contributed by atoms with E-state index in [0.717, 1.165) is 16.1 Å². The molecule has 0 saturated heterocycles. The highest BCUT2D eigenvalue weighted by atomic mass is 32.1. The molecule has 31 heavy (non-hydrogen) atoms. The summed E-state index contributed by atoms with van der Waals surface area (Å²) in [6.45, 7) is 2.69. The van der Waals surface area contributed by atoms with Crippen LogP contribution in [0.15, 0.2) is 63.4 Å². The van der Waals surface area contributed by atoms with Gasteiger partial charge in [0.25, 0.3) is 11.4 Å². The molecular formula is C22H18N4O4S. The average molecular weight is 434 g/mol. The van der Waals surface area contributed by atoms with Crippen LogP contribution in [0.25, 0.3) is 22.2 Å². The predicted molar refractivity (Wildman–Crippen MR) is 116 cm³/mol. The van der Waals surface area contributed by atoms with Crippen LogP contribution < -0.4 is 15.2 Å². The number of fused-ring (bicyclic) bond motifs is 1. The third-order valence-electron chi connectivity index (χ3n) is 4.98. The minimum atomic E-state index is -0.284. The van der Waals surface area contributed by atoms with E-state index in [1.54, 1.807) is 17.2 Å². The van der Waals surface area contributed by atoms with Crippen LogP contribution in [0.3, 0.4) is 0 Å². The number of amides is 1. The summed E-state index contributed by atoms with van der Waals surface area (Å²) in [5, 5.41) is 5.94. The molecule has 9 heteroatoms. The monoisotopic (exact) mass is 434 g/mol. The molecule has 1 aromatic carbocycles. The van der Waals surface area contributed by atoms with Gasteiger partial charge in [0.1, 0.15) is 18.9 Å². The molecule has 156 valence electrons. The molecule has 0 radical (unpaired) electrons. The Bertz CT molecular complexity index is 1310. The van der Waals surface area contributed by atoms with Gasteiger partial charge >= 0.3 is 0 Å². The highest BCUT2D eigenvalue weighted by molar-refractivity contribution is 7.13. The van der Waals surface area contributed by atoms with Crippen molar-refractivity contribution in [2.75, 3.05) is 18.1 Å². The first-order valence-electron chi connectivity index (χ1n) is 9.71. The van der Waals surface area contributed by atoms with E-state index in [0.29, 0.717) is 30.3 Å². The molecule has 3 aromatic heterocycles. The number of aryl methyl sites for hydroxylation is 1. The smallest absolute Gasteiger partial charge is 0.259 e. The van der Waals surface area contributed by atoms with Crippen molar-refractivity contribution in [1.82, 2.24) is 14.7 Å². The highest BCUT2D eigenvalue weighted by Gasteiger charge is 2.24. The Hall–Kier alpha value is -3.72. The number of hydrogen-bond acceptors (Lipinski definition) is 7. The maximum Gasteiger partial charge on any atom is 0.259 e. The summed E-state index contributed by atoms with van der Waals surface area (Å²) in [7, 11) is 0. The zero-order valence-electron chi connectivity index (χ0n) is 16.6. The molecule has 0 saturated carbocycles. The number of carbonyl (C=O) groups excluding carboxylic acids is 1. The van der Waals surface area contributed by atoms with Crippen molar-refractivity contribution in [3.63, 3.8) is 0 Å². The molecule has 8 nitrogen and oxygen atoms in total. The molecule has 1 aliphatic rings. The fourth-order valence-electron chi connectivity index (χ4n) is 3.45. The molecule has 4 heterocycles. The van der Waals surface area contributed by atoms with E-state index >= 15 is 0 Å². The van der Waals surface area contributed by atoms with Gasteiger partial charge in [0.05, 0.1) is 22.7 Å². The maximum absolute atomic E-state index is 13.1. The SMILES string of the molecule is Cc1ccc2c(c1)N(C(=O)Cn1cc(-c3nc(-c4cccs4)no3)ccc1=O)CCO2. The second-order valence-electron chi connectivity index (χ2n) is 7.15. The zero-order valence-corrected chi connectivity index (χ0v) is 17.5. The molecule has 0 fully saturated rings. The molecule has 0 atom stereocenters. The van der Waals surface area contributed by atoms with Crippen LogP contribution in [-0.4, -0.2) is 33.8 Å². The van der Waals surface area contributed by atoms with Crippen molar-refractivity contribution in [1.29, 1.82) is 0 Å². The summed E-state index contributed by atoms with van der Waals surface area (Å²) in [5.41, 5.74) is 2.03. The zero-order chi connectivity index (χ0) is 21.4. The Balaban J connectivity index is 1.41. The van der Waals surface area contributed by atoms with Crippen molar-refractivity contribution >= 4 is 22.9 Å². The topological polar surface area (TPSA) is 90.5 Å². The van der Waals surface area contributed by atoms with E-state index in [2.05, 4.69) is 10.1 Å². The molecule has 0 bridgehead atoms. The van der Waals surface area contributed by atoms with Gasteiger partial charge in [-0.2, -0.15) is 4.98 Å². The summed E-state index contributed by atoms with van der Waals surface area (Å²) < 4.78 is 12.4. The molecule has 1 amide bonds. The second-order valence-corrected chi connectivity index (χ2v) is 8.10. The normalized spacial score (nSPS) is 13.0. The number of carbonyl (C=O) groups is 1. The fraction of sp³-hybridized carbons (Fsp3) is 0.182. The van der Waals surface area contributed by atoms with Crippen molar-refractivity contribution in [3.8, 4) is 27.9 Å². The van der Waals surface area contributed by atoms with Crippen molar-refractivity contribution in [3.05, 3.63) is 70.0 Å². The van der Waals surface area contributed by atoms with E-state index in [-0.39, 0.29) is 23.9 Å². The lowest BCUT2D eigenvalue weighted by molar-refractivity contribution is -0.119. The van der Waals surface area contributed by atoms with Crippen LogP contribution in [-0.2, 0) is 11.3 Å². The van der Waals surface area contributed by atoms with E-state index in [1.807, 2.05) is 42.6 Å². The summed E-state index contributed by atoms with van der Waals surface area (Å²) in [6, 6.07) is 12.5. The van der Waals surface area contributed by atoms with E-state index in [1.165, 1.54) is 22.0 Å². The Morgan fingerprint density at radius 3 is 2.97 bits per heavy atom. The number of nitrogens with zero attached hydrogens (tertiary/aromatic N) is 4. The maximum atomic E-state index is 13.1. The van der Waals surface area contributed by atoms with E-state index < -0.39 is 0 Å². The Morgan fingerprint density at radius 1 is 1.23 bits per heavy atom. The van der Waals surface area contributed by atoms with Gasteiger partial charge in [-0.3, -0.25) is 9.59 Å². The van der Waals surface area contributed by atoms with Gasteiger partial charge in [-0.15, -0.1) is 11.3 Å². The van der Waals surface area contributed by atoms with Gasteiger partial charge in [-0.25, -0.2) is 0 Å². The molecule has 0 N–H and O–H groups in total. The Labute approximate surface area is 181 Å². The van der Waals surface area contributed by atoms with Crippen LogP contribution in [0.4, 0.5) is 5.69 Å². The van der Waals surface area contributed by atoms with Crippen LogP contribution >= 0.6 is 11.3 Å². The molecule has 4 aromatic rings. The third kappa shape index (κ3) is 3.75. The van der Waals surface area contributed by atoms with Crippen LogP contribution in [0.5, 0.6) is 5.75 Å². The van der Waals surface area contributed by atoms with Gasteiger partial charge in [-0.1, -0.05) is 17.3 Å². The average Bonchev–Trinajstić information content (AvgIpc) is 3.47. The van der Waals surface area contributed by atoms with Crippen LogP contribution in [0.1, 0.15) is 5.56 Å². The minimum absolute atomic E-state index is 0.105. The van der Waals surface area contributed by atoms with Crippen molar-refractivity contribution < 1.29 is 14.1 Å². The first kappa shape index (κ1) is 19.3. The van der Waals surface area contributed by atoms with Gasteiger partial charge in [0.2, 0.25) is 11.7 Å². The standard InChI is InChI=1S/C22H18N4O4S/c1-14-4-6-17-16(11-14)26(8-9-29-17)20(28)13-25-12-15(5-7-19(25)27)22-23-21(24-30-22)18-3-2-10-31-18/h2-7,10-12H,8-9,13H2,1H3. The van der Waals surface area contributed by atoms with Gasteiger partial charge in [-0.05, 0) is 42.1 Å². The Morgan fingerprint density at radius 2 is 2.13 bits per heavy atom. The summed E-state index contributed by atoms with van der Waals surface area (Å²) in [6.07, 6.45) is 1.57. The lowest BCUT2D eigenvalue weighted by Gasteiger charge is -2.30. The number of rotatable bonds is 4. The van der Waals surface area contributed by atoms with E-state index in [4.69, 9.17) is 9.26 Å². The number of ether oxygens (including phenoxy) is 1. The van der Waals surface area contributed by atoms with Crippen LogP contribution in [0, 0.1) is 6.92 Å². The molecule has 5 rings (SSSR count). The van der Waals surface area contributed by atoms with Crippen LogP contribution in [0.2, 0.25) is 0 Å². The molecule has 0 aliphatic carbocycles. The quantitative estimate of drug-likeness (QED) is 0.489. The second kappa shape index (κ2) is 7.84. The predicted octanol–water partition coefficient (Wildman–Crippen LogP) is 3.36. The van der Waals surface area contributed by atoms with Gasteiger partial charge in [0.15, 0.2) is 0 Å². The number of thiophene rings is 1. The lowest BCUT2D eigenvalue weighted by atomic mass is 10.1. The Kier molecular flexibility index (Phi) is 4.87. The highest BCUT2D eigenvalue weighted by Crippen LogP contribution is 2.32. The third-order valence-corrected chi connectivity index (χ3v) is 5.85. The molecule has 0 unspecified atom stereocenters. The first-order chi connectivity index (χ1) is 15.1. The van der Waals surface area contributed by atoms with Crippen molar-refractivity contribution in [2.45, 2.75) is 13.5 Å². The number of hydrogen-bond donors (Lipinski definition) is 0. The summed E-state index contributed by atoms with van der Waals surface area (Å²) >= 11 is 1.51. The largest absolute Gasteiger partial charge is 0.490 e. The van der Waals surface area contributed by atoms with Crippen molar-refractivity contribution in [2.24, 2.45) is 0 Å². The van der Waals surface area contributed by atoms with E-state index in [9.17, 15) is 9.59 Å². The lowest BCUT2D eigenvalue weighted by Crippen LogP contribution is -2.41. The fourth-order valence-corrected chi connectivity index (χ4v) is 4.10. The number of benzene rings is 1. The van der Waals surface area contributed by atoms with Gasteiger partial charge in [0, 0.05) is 12.3 Å². The first-order valence-corrected chi connectivity index (χ1v) is 10.6. The minimum Gasteiger partial charge on any atom is -0.490 e. The van der Waals surface area contributed by atoms with Gasteiger partial charge < -0.3 is 18.7 Å². The summed E-state index contributed by atoms with van der Waals surface area (Å²) in [5.74, 6) is 1.24. The molecular weight excluding hydrogens is 416 g/mol. The molecule has 1 aliphatic heterocycles. The number of aromatic nitrogens is 3. The molecule has 0 spiro atoms. The number of anilines is 1.